The molecule has 5 rings (SSSR count). The molecular formula is C25H21F2N5O2. The van der Waals surface area contributed by atoms with Crippen molar-refractivity contribution in [3.63, 3.8) is 0 Å². The molecule has 0 fully saturated rings. The van der Waals surface area contributed by atoms with Crippen molar-refractivity contribution in [2.45, 2.75) is 19.9 Å². The van der Waals surface area contributed by atoms with E-state index in [1.165, 1.54) is 24.4 Å². The van der Waals surface area contributed by atoms with Gasteiger partial charge in [0.25, 0.3) is 5.91 Å². The predicted octanol–water partition coefficient (Wildman–Crippen LogP) is 4.96. The van der Waals surface area contributed by atoms with Crippen molar-refractivity contribution in [1.82, 2.24) is 19.5 Å². The Morgan fingerprint density at radius 1 is 1.06 bits per heavy atom. The normalized spacial score (nSPS) is 16.0. The standard InChI is InChI=1S/C25H21F2N5O2/c1-15-7-11-34-21-13-19(26)17(16-4-3-8-28-23(16)27)12-18(21)25(33)31-22-6-2-5-20(30-22)24-29-9-10-32(24)14-15/h2-6,8-10,12-13,15H,7,11,14H2,1H3,(H,30,31,33)/t15-/m0/s1. The molecule has 9 heteroatoms. The number of hydrogen-bond acceptors (Lipinski definition) is 5. The number of aromatic nitrogens is 4. The van der Waals surface area contributed by atoms with E-state index in [1.54, 1.807) is 18.3 Å². The highest BCUT2D eigenvalue weighted by Gasteiger charge is 2.22. The maximum Gasteiger partial charge on any atom is 0.260 e. The van der Waals surface area contributed by atoms with Crippen molar-refractivity contribution in [3.8, 4) is 28.4 Å². The van der Waals surface area contributed by atoms with Gasteiger partial charge in [-0.3, -0.25) is 4.79 Å². The van der Waals surface area contributed by atoms with Crippen molar-refractivity contribution >= 4 is 11.7 Å². The molecule has 0 spiro atoms. The van der Waals surface area contributed by atoms with E-state index in [4.69, 9.17) is 4.74 Å². The van der Waals surface area contributed by atoms with Gasteiger partial charge in [0.05, 0.1) is 12.2 Å². The summed E-state index contributed by atoms with van der Waals surface area (Å²) in [5.74, 6) is -0.822. The number of carbonyl (C=O) groups excluding carboxylic acids is 1. The Kier molecular flexibility index (Phi) is 5.75. The minimum Gasteiger partial charge on any atom is -0.493 e. The van der Waals surface area contributed by atoms with E-state index < -0.39 is 17.7 Å². The number of amides is 1. The molecule has 1 aliphatic heterocycles. The summed E-state index contributed by atoms with van der Waals surface area (Å²) in [7, 11) is 0. The summed E-state index contributed by atoms with van der Waals surface area (Å²) >= 11 is 0. The fourth-order valence-electron chi connectivity index (χ4n) is 3.94. The lowest BCUT2D eigenvalue weighted by atomic mass is 10.0. The molecule has 4 aromatic rings. The first kappa shape index (κ1) is 21.7. The van der Waals surface area contributed by atoms with E-state index in [-0.39, 0.29) is 35.0 Å². The van der Waals surface area contributed by atoms with Crippen molar-refractivity contribution in [3.05, 3.63) is 78.4 Å². The molecule has 0 saturated heterocycles. The largest absolute Gasteiger partial charge is 0.493 e. The fourth-order valence-corrected chi connectivity index (χ4v) is 3.94. The number of halogens is 2. The molecule has 1 aliphatic rings. The zero-order valence-electron chi connectivity index (χ0n) is 18.3. The Hall–Kier alpha value is -4.14. The van der Waals surface area contributed by atoms with Gasteiger partial charge >= 0.3 is 0 Å². The van der Waals surface area contributed by atoms with Crippen LogP contribution in [0.4, 0.5) is 14.6 Å². The van der Waals surface area contributed by atoms with Gasteiger partial charge in [-0.25, -0.2) is 19.3 Å². The lowest BCUT2D eigenvalue weighted by molar-refractivity contribution is 0.102. The van der Waals surface area contributed by atoms with Gasteiger partial charge in [0.15, 0.2) is 5.82 Å². The Labute approximate surface area is 194 Å². The van der Waals surface area contributed by atoms with E-state index >= 15 is 4.39 Å². The molecule has 2 bridgehead atoms. The van der Waals surface area contributed by atoms with Crippen molar-refractivity contribution in [2.75, 3.05) is 11.9 Å². The molecule has 34 heavy (non-hydrogen) atoms. The maximum atomic E-state index is 15.0. The van der Waals surface area contributed by atoms with Crippen LogP contribution in [0.1, 0.15) is 23.7 Å². The molecule has 0 saturated carbocycles. The third-order valence-electron chi connectivity index (χ3n) is 5.68. The Morgan fingerprint density at radius 3 is 2.79 bits per heavy atom. The molecule has 172 valence electrons. The van der Waals surface area contributed by atoms with Crippen molar-refractivity contribution < 1.29 is 18.3 Å². The van der Waals surface area contributed by atoms with Crippen LogP contribution in [0.25, 0.3) is 22.6 Å². The molecule has 1 atom stereocenters. The SMILES string of the molecule is C[C@H]1CCOc2cc(F)c(-c3cccnc3F)cc2C(=O)Nc2cccc(n2)-c2nccn2C1. The number of benzene rings is 1. The Balaban J connectivity index is 1.60. The van der Waals surface area contributed by atoms with Gasteiger partial charge in [0.1, 0.15) is 23.1 Å². The van der Waals surface area contributed by atoms with Crippen LogP contribution in [-0.4, -0.2) is 32.0 Å². The third kappa shape index (κ3) is 4.24. The number of fused-ring (bicyclic) bond motifs is 5. The van der Waals surface area contributed by atoms with E-state index in [2.05, 4.69) is 27.2 Å². The van der Waals surface area contributed by atoms with Crippen LogP contribution in [0.2, 0.25) is 0 Å². The number of rotatable bonds is 1. The van der Waals surface area contributed by atoms with E-state index in [9.17, 15) is 9.18 Å². The quantitative estimate of drug-likeness (QED) is 0.406. The molecule has 0 radical (unpaired) electrons. The highest BCUT2D eigenvalue weighted by Crippen LogP contribution is 2.32. The van der Waals surface area contributed by atoms with Crippen LogP contribution in [0.15, 0.2) is 61.1 Å². The molecule has 4 heterocycles. The monoisotopic (exact) mass is 461 g/mol. The summed E-state index contributed by atoms with van der Waals surface area (Å²) in [5.41, 5.74) is 0.552. The van der Waals surface area contributed by atoms with Gasteiger partial charge in [-0.1, -0.05) is 13.0 Å². The molecule has 1 aromatic carbocycles. The van der Waals surface area contributed by atoms with Gasteiger partial charge in [-0.05, 0) is 42.7 Å². The van der Waals surface area contributed by atoms with Crippen molar-refractivity contribution in [2.24, 2.45) is 5.92 Å². The second-order valence-electron chi connectivity index (χ2n) is 8.18. The first-order valence-electron chi connectivity index (χ1n) is 10.9. The summed E-state index contributed by atoms with van der Waals surface area (Å²) in [6.07, 6.45) is 5.53. The number of carbonyl (C=O) groups is 1. The number of pyridine rings is 2. The molecule has 0 unspecified atom stereocenters. The summed E-state index contributed by atoms with van der Waals surface area (Å²) in [6, 6.07) is 10.5. The van der Waals surface area contributed by atoms with Crippen LogP contribution in [0.5, 0.6) is 5.75 Å². The van der Waals surface area contributed by atoms with Gasteiger partial charge in [0.2, 0.25) is 5.95 Å². The minimum absolute atomic E-state index is 0.0458. The zero-order chi connectivity index (χ0) is 23.7. The first-order chi connectivity index (χ1) is 16.5. The first-order valence-corrected chi connectivity index (χ1v) is 10.9. The lowest BCUT2D eigenvalue weighted by Crippen LogP contribution is -2.18. The van der Waals surface area contributed by atoms with Crippen LogP contribution >= 0.6 is 0 Å². The second kappa shape index (κ2) is 9.01. The number of nitrogens with zero attached hydrogens (tertiary/aromatic N) is 4. The molecule has 1 N–H and O–H groups in total. The number of hydrogen-bond donors (Lipinski definition) is 1. The van der Waals surface area contributed by atoms with E-state index in [0.29, 0.717) is 30.3 Å². The molecule has 7 nitrogen and oxygen atoms in total. The number of nitrogens with one attached hydrogen (secondary N) is 1. The molecule has 0 aliphatic carbocycles. The van der Waals surface area contributed by atoms with Crippen LogP contribution in [0.3, 0.4) is 0 Å². The lowest BCUT2D eigenvalue weighted by Gasteiger charge is -2.18. The van der Waals surface area contributed by atoms with Gasteiger partial charge in [-0.2, -0.15) is 4.39 Å². The van der Waals surface area contributed by atoms with E-state index in [0.717, 1.165) is 6.07 Å². The summed E-state index contributed by atoms with van der Waals surface area (Å²) in [4.78, 5) is 25.8. The summed E-state index contributed by atoms with van der Waals surface area (Å²) < 4.78 is 37.1. The predicted molar refractivity (Wildman–Crippen MR) is 122 cm³/mol. The third-order valence-corrected chi connectivity index (χ3v) is 5.68. The highest BCUT2D eigenvalue weighted by molar-refractivity contribution is 6.06. The summed E-state index contributed by atoms with van der Waals surface area (Å²) in [5, 5.41) is 2.74. The Morgan fingerprint density at radius 2 is 1.94 bits per heavy atom. The minimum atomic E-state index is -0.831. The van der Waals surface area contributed by atoms with Crippen LogP contribution in [0, 0.1) is 17.7 Å². The highest BCUT2D eigenvalue weighted by atomic mass is 19.1. The fraction of sp³-hybridized carbons (Fsp3) is 0.200. The van der Waals surface area contributed by atoms with Gasteiger partial charge < -0.3 is 14.6 Å². The average molecular weight is 461 g/mol. The topological polar surface area (TPSA) is 81.9 Å². The zero-order valence-corrected chi connectivity index (χ0v) is 18.3. The molecular weight excluding hydrogens is 440 g/mol. The number of anilines is 1. The van der Waals surface area contributed by atoms with Gasteiger partial charge in [-0.15, -0.1) is 0 Å². The second-order valence-corrected chi connectivity index (χ2v) is 8.18. The smallest absolute Gasteiger partial charge is 0.260 e. The Bertz CT molecular complexity index is 1370. The van der Waals surface area contributed by atoms with Gasteiger partial charge in [0, 0.05) is 42.3 Å². The van der Waals surface area contributed by atoms with E-state index in [1.807, 2.05) is 16.8 Å². The maximum absolute atomic E-state index is 15.0. The number of ether oxygens (including phenoxy) is 1. The van der Waals surface area contributed by atoms with Crippen LogP contribution < -0.4 is 10.1 Å². The average Bonchev–Trinajstić information content (AvgIpc) is 3.27. The molecule has 1 amide bonds. The summed E-state index contributed by atoms with van der Waals surface area (Å²) in [6.45, 7) is 3.04. The van der Waals surface area contributed by atoms with Crippen LogP contribution in [-0.2, 0) is 6.54 Å². The molecule has 3 aromatic heterocycles. The number of imidazole rings is 1. The van der Waals surface area contributed by atoms with Crippen molar-refractivity contribution in [1.29, 1.82) is 0 Å².